The molecule has 460 valence electrons. The van der Waals surface area contributed by atoms with Gasteiger partial charge in [0.05, 0.1) is 0 Å². The Bertz CT molecular complexity index is 1410. The van der Waals surface area contributed by atoms with Gasteiger partial charge in [-0.25, -0.2) is 0 Å². The average Bonchev–Trinajstić information content (AvgIpc) is 3.45. The number of carbonyl (C=O) groups excluding carboxylic acids is 3. The van der Waals surface area contributed by atoms with Crippen LogP contribution in [0.5, 0.6) is 0 Å². The van der Waals surface area contributed by atoms with Crippen molar-refractivity contribution in [2.45, 2.75) is 374 Å². The lowest BCUT2D eigenvalue weighted by Crippen LogP contribution is -2.30. The lowest BCUT2D eigenvalue weighted by molar-refractivity contribution is -0.167. The number of esters is 3. The molecule has 79 heavy (non-hydrogen) atoms. The van der Waals surface area contributed by atoms with Crippen LogP contribution in [0.2, 0.25) is 0 Å². The van der Waals surface area contributed by atoms with E-state index in [0.717, 1.165) is 96.3 Å². The Labute approximate surface area is 491 Å². The molecule has 0 aromatic rings. The van der Waals surface area contributed by atoms with Crippen molar-refractivity contribution in [3.05, 3.63) is 60.8 Å². The summed E-state index contributed by atoms with van der Waals surface area (Å²) in [6.45, 7) is 6.58. The van der Waals surface area contributed by atoms with Gasteiger partial charge in [0, 0.05) is 19.3 Å². The zero-order valence-electron chi connectivity index (χ0n) is 52.9. The van der Waals surface area contributed by atoms with Crippen molar-refractivity contribution in [3.63, 3.8) is 0 Å². The van der Waals surface area contributed by atoms with Gasteiger partial charge in [0.15, 0.2) is 6.10 Å². The van der Waals surface area contributed by atoms with Crippen LogP contribution in [0.3, 0.4) is 0 Å². The molecule has 0 rings (SSSR count). The molecule has 1 unspecified atom stereocenters. The van der Waals surface area contributed by atoms with E-state index in [2.05, 4.69) is 81.5 Å². The summed E-state index contributed by atoms with van der Waals surface area (Å²) >= 11 is 0. The van der Waals surface area contributed by atoms with Crippen LogP contribution in [0.25, 0.3) is 0 Å². The van der Waals surface area contributed by atoms with Crippen LogP contribution in [0.1, 0.15) is 367 Å². The van der Waals surface area contributed by atoms with E-state index in [1.165, 1.54) is 231 Å². The molecule has 0 radical (unpaired) electrons. The predicted octanol–water partition coefficient (Wildman–Crippen LogP) is 23.9. The fourth-order valence-electron chi connectivity index (χ4n) is 10.3. The van der Waals surface area contributed by atoms with Gasteiger partial charge in [-0.1, -0.05) is 326 Å². The highest BCUT2D eigenvalue weighted by molar-refractivity contribution is 5.71. The van der Waals surface area contributed by atoms with Crippen LogP contribution in [0.4, 0.5) is 0 Å². The summed E-state index contributed by atoms with van der Waals surface area (Å²) in [5.74, 6) is -0.866. The van der Waals surface area contributed by atoms with Gasteiger partial charge in [-0.3, -0.25) is 14.4 Å². The van der Waals surface area contributed by atoms with Crippen molar-refractivity contribution in [1.29, 1.82) is 0 Å². The first-order valence-electron chi connectivity index (χ1n) is 34.8. The number of hydrogen-bond acceptors (Lipinski definition) is 6. The highest BCUT2D eigenvalue weighted by Crippen LogP contribution is 2.18. The number of ether oxygens (including phenoxy) is 3. The summed E-state index contributed by atoms with van der Waals surface area (Å²) in [7, 11) is 0. The standard InChI is InChI=1S/C73H132O6/c1-4-7-10-13-16-19-22-25-28-31-33-34-35-36-37-38-40-42-45-48-51-54-57-60-63-66-72(75)78-69-70(68-77-71(74)65-62-59-56-53-50-47-44-41-30-27-24-21-18-15-12-9-6-3)79-73(76)67-64-61-58-55-52-49-46-43-39-32-29-26-23-20-17-14-11-8-5-2/h8,11,17,20,26,29,31,33,39,43,70H,4-7,9-10,12-16,18-19,21-25,27-28,30,32,34-38,40-42,44-69H2,1-3H3/b11-8-,20-17-,29-26-,33-31-,43-39-. The number of unbranched alkanes of at least 4 members (excludes halogenated alkanes) is 43. The molecule has 1 atom stereocenters. The van der Waals surface area contributed by atoms with Crippen LogP contribution in [-0.4, -0.2) is 37.2 Å². The lowest BCUT2D eigenvalue weighted by Gasteiger charge is -2.18. The maximum atomic E-state index is 12.9. The van der Waals surface area contributed by atoms with E-state index in [1.54, 1.807) is 0 Å². The van der Waals surface area contributed by atoms with Gasteiger partial charge in [-0.05, 0) is 83.5 Å². The zero-order valence-corrected chi connectivity index (χ0v) is 52.9. The maximum Gasteiger partial charge on any atom is 0.306 e. The highest BCUT2D eigenvalue weighted by Gasteiger charge is 2.19. The van der Waals surface area contributed by atoms with Gasteiger partial charge in [0.1, 0.15) is 13.2 Å². The fraction of sp³-hybridized carbons (Fsp3) is 0.822. The van der Waals surface area contributed by atoms with Crippen LogP contribution >= 0.6 is 0 Å². The summed E-state index contributed by atoms with van der Waals surface area (Å²) in [5.41, 5.74) is 0. The van der Waals surface area contributed by atoms with E-state index in [9.17, 15) is 14.4 Å². The quantitative estimate of drug-likeness (QED) is 0.0261. The Morgan fingerprint density at radius 2 is 0.494 bits per heavy atom. The van der Waals surface area contributed by atoms with E-state index in [-0.39, 0.29) is 31.1 Å². The minimum atomic E-state index is -0.782. The van der Waals surface area contributed by atoms with Crippen molar-refractivity contribution >= 4 is 17.9 Å². The highest BCUT2D eigenvalue weighted by atomic mass is 16.6. The Hall–Kier alpha value is -2.89. The van der Waals surface area contributed by atoms with Crippen molar-refractivity contribution < 1.29 is 28.6 Å². The molecule has 0 spiro atoms. The molecule has 0 aliphatic rings. The van der Waals surface area contributed by atoms with Crippen molar-refractivity contribution in [1.82, 2.24) is 0 Å². The normalized spacial score (nSPS) is 12.4. The first-order chi connectivity index (χ1) is 39.0. The molecule has 0 heterocycles. The Morgan fingerprint density at radius 1 is 0.266 bits per heavy atom. The largest absolute Gasteiger partial charge is 0.462 e. The third-order valence-corrected chi connectivity index (χ3v) is 15.5. The van der Waals surface area contributed by atoms with Crippen LogP contribution in [-0.2, 0) is 28.6 Å². The number of carbonyl (C=O) groups is 3. The molecule has 0 bridgehead atoms. The first kappa shape index (κ1) is 76.1. The van der Waals surface area contributed by atoms with Crippen LogP contribution in [0.15, 0.2) is 60.8 Å². The molecule has 6 heteroatoms. The van der Waals surface area contributed by atoms with E-state index in [4.69, 9.17) is 14.2 Å². The second-order valence-electron chi connectivity index (χ2n) is 23.4. The van der Waals surface area contributed by atoms with Gasteiger partial charge < -0.3 is 14.2 Å². The minimum Gasteiger partial charge on any atom is -0.462 e. The third kappa shape index (κ3) is 65.8. The van der Waals surface area contributed by atoms with Gasteiger partial charge >= 0.3 is 17.9 Å². The Morgan fingerprint density at radius 3 is 0.785 bits per heavy atom. The lowest BCUT2D eigenvalue weighted by atomic mass is 10.0. The van der Waals surface area contributed by atoms with Gasteiger partial charge in [0.2, 0.25) is 0 Å². The van der Waals surface area contributed by atoms with E-state index in [0.29, 0.717) is 19.3 Å². The molecule has 0 fully saturated rings. The second kappa shape index (κ2) is 67.6. The molecule has 0 aromatic heterocycles. The maximum absolute atomic E-state index is 12.9. The molecule has 0 N–H and O–H groups in total. The Balaban J connectivity index is 4.32. The number of allylic oxidation sites excluding steroid dienone is 10. The molecule has 0 aromatic carbocycles. The predicted molar refractivity (Wildman–Crippen MR) is 344 cm³/mol. The zero-order chi connectivity index (χ0) is 57.1. The monoisotopic (exact) mass is 1110 g/mol. The summed E-state index contributed by atoms with van der Waals surface area (Å²) in [6.07, 6.45) is 86.7. The third-order valence-electron chi connectivity index (χ3n) is 15.5. The summed E-state index contributed by atoms with van der Waals surface area (Å²) in [5, 5.41) is 0. The molecular formula is C73H132O6. The minimum absolute atomic E-state index is 0.0760. The molecular weight excluding hydrogens is 973 g/mol. The molecule has 0 amide bonds. The first-order valence-corrected chi connectivity index (χ1v) is 34.8. The van der Waals surface area contributed by atoms with E-state index in [1.807, 2.05) is 0 Å². The van der Waals surface area contributed by atoms with E-state index < -0.39 is 6.10 Å². The van der Waals surface area contributed by atoms with Crippen LogP contribution in [0, 0.1) is 0 Å². The van der Waals surface area contributed by atoms with Gasteiger partial charge in [0.25, 0.3) is 0 Å². The van der Waals surface area contributed by atoms with Gasteiger partial charge in [-0.15, -0.1) is 0 Å². The molecule has 0 aliphatic heterocycles. The average molecular weight is 1110 g/mol. The second-order valence-corrected chi connectivity index (χ2v) is 23.4. The van der Waals surface area contributed by atoms with E-state index >= 15 is 0 Å². The molecule has 0 saturated heterocycles. The molecule has 6 nitrogen and oxygen atoms in total. The summed E-state index contributed by atoms with van der Waals surface area (Å²) in [6, 6.07) is 0. The van der Waals surface area contributed by atoms with Crippen molar-refractivity contribution in [2.75, 3.05) is 13.2 Å². The summed E-state index contributed by atoms with van der Waals surface area (Å²) in [4.78, 5) is 38.4. The Kier molecular flexibility index (Phi) is 65.1. The van der Waals surface area contributed by atoms with Crippen molar-refractivity contribution in [2.24, 2.45) is 0 Å². The number of hydrogen-bond donors (Lipinski definition) is 0. The van der Waals surface area contributed by atoms with Crippen LogP contribution < -0.4 is 0 Å². The molecule has 0 saturated carbocycles. The van der Waals surface area contributed by atoms with Gasteiger partial charge in [-0.2, -0.15) is 0 Å². The summed E-state index contributed by atoms with van der Waals surface area (Å²) < 4.78 is 17.0. The molecule has 0 aliphatic carbocycles. The topological polar surface area (TPSA) is 78.9 Å². The number of rotatable bonds is 64. The fourth-order valence-corrected chi connectivity index (χ4v) is 10.3. The van der Waals surface area contributed by atoms with Crippen molar-refractivity contribution in [3.8, 4) is 0 Å². The smallest absolute Gasteiger partial charge is 0.306 e. The SMILES string of the molecule is CC/C=C\C/C=C\C/C=C\C/C=C\CCCCCCCCC(=O)OC(COC(=O)CCCCCCCCCCCCCCC/C=C\CCCCCCCCCC)COC(=O)CCCCCCCCCCCCCCCCCCC.